The van der Waals surface area contributed by atoms with E-state index in [-0.39, 0.29) is 17.8 Å². The lowest BCUT2D eigenvalue weighted by Gasteiger charge is -2.46. The molecule has 1 unspecified atom stereocenters. The van der Waals surface area contributed by atoms with Gasteiger partial charge in [-0.15, -0.1) is 0 Å². The summed E-state index contributed by atoms with van der Waals surface area (Å²) < 4.78 is 16.8. The third kappa shape index (κ3) is 4.56. The molecule has 2 fully saturated rings. The number of carbonyl (C=O) groups is 1. The first-order chi connectivity index (χ1) is 9.84. The van der Waals surface area contributed by atoms with E-state index in [2.05, 4.69) is 5.32 Å². The third-order valence-corrected chi connectivity index (χ3v) is 3.91. The number of morpholine rings is 1. The Balaban J connectivity index is 1.86. The summed E-state index contributed by atoms with van der Waals surface area (Å²) in [6.45, 7) is 9.29. The first kappa shape index (κ1) is 16.5. The molecule has 122 valence electrons. The van der Waals surface area contributed by atoms with E-state index in [9.17, 15) is 4.79 Å². The summed E-state index contributed by atoms with van der Waals surface area (Å²) in [6, 6.07) is 0. The Labute approximate surface area is 127 Å². The maximum atomic E-state index is 12.1. The molecule has 2 aliphatic heterocycles. The highest BCUT2D eigenvalue weighted by molar-refractivity contribution is 5.68. The first-order valence-electron chi connectivity index (χ1n) is 7.69. The maximum absolute atomic E-state index is 12.1. The predicted octanol–water partition coefficient (Wildman–Crippen LogP) is 1.39. The number of rotatable bonds is 2. The third-order valence-electron chi connectivity index (χ3n) is 3.91. The summed E-state index contributed by atoms with van der Waals surface area (Å²) in [5.74, 6) is 0. The molecule has 2 saturated heterocycles. The van der Waals surface area contributed by atoms with Crippen LogP contribution in [0.2, 0.25) is 0 Å². The zero-order chi connectivity index (χ0) is 15.5. The molecule has 0 aromatic carbocycles. The summed E-state index contributed by atoms with van der Waals surface area (Å²) in [4.78, 5) is 13.9. The van der Waals surface area contributed by atoms with Crippen molar-refractivity contribution in [2.75, 3.05) is 39.9 Å². The van der Waals surface area contributed by atoms with Crippen molar-refractivity contribution in [3.8, 4) is 0 Å². The number of ether oxygens (including phenoxy) is 3. The Morgan fingerprint density at radius 3 is 2.62 bits per heavy atom. The quantitative estimate of drug-likeness (QED) is 0.835. The Morgan fingerprint density at radius 1 is 1.38 bits per heavy atom. The number of hydrogen-bond acceptors (Lipinski definition) is 5. The van der Waals surface area contributed by atoms with Crippen molar-refractivity contribution in [1.82, 2.24) is 10.2 Å². The van der Waals surface area contributed by atoms with E-state index in [4.69, 9.17) is 14.2 Å². The highest BCUT2D eigenvalue weighted by Crippen LogP contribution is 2.30. The lowest BCUT2D eigenvalue weighted by Crippen LogP contribution is -2.59. The van der Waals surface area contributed by atoms with Gasteiger partial charge in [0.15, 0.2) is 0 Å². The van der Waals surface area contributed by atoms with Crippen LogP contribution in [0.15, 0.2) is 0 Å². The molecule has 0 bridgehead atoms. The minimum Gasteiger partial charge on any atom is -0.444 e. The summed E-state index contributed by atoms with van der Waals surface area (Å²) in [5, 5.41) is 3.42. The summed E-state index contributed by atoms with van der Waals surface area (Å²) in [7, 11) is 1.69. The van der Waals surface area contributed by atoms with Gasteiger partial charge in [-0.05, 0) is 33.6 Å². The SMILES string of the molecule is COCC1CNCC2(CCN(C(=O)OC(C)(C)C)CC2)O1. The molecule has 1 spiro atoms. The van der Waals surface area contributed by atoms with Crippen molar-refractivity contribution < 1.29 is 19.0 Å². The topological polar surface area (TPSA) is 60.0 Å². The maximum Gasteiger partial charge on any atom is 0.410 e. The minimum atomic E-state index is -0.446. The molecule has 1 amide bonds. The molecule has 0 aromatic heterocycles. The summed E-state index contributed by atoms with van der Waals surface area (Å²) in [5.41, 5.74) is -0.612. The van der Waals surface area contributed by atoms with Crippen LogP contribution in [0.1, 0.15) is 33.6 Å². The molecule has 1 atom stereocenters. The number of nitrogens with zero attached hydrogens (tertiary/aromatic N) is 1. The van der Waals surface area contributed by atoms with Gasteiger partial charge < -0.3 is 24.4 Å². The van der Waals surface area contributed by atoms with E-state index < -0.39 is 5.60 Å². The van der Waals surface area contributed by atoms with Crippen molar-refractivity contribution in [2.24, 2.45) is 0 Å². The van der Waals surface area contributed by atoms with Crippen LogP contribution in [0.3, 0.4) is 0 Å². The van der Waals surface area contributed by atoms with E-state index in [0.717, 1.165) is 25.9 Å². The molecule has 2 rings (SSSR count). The number of nitrogens with one attached hydrogen (secondary N) is 1. The van der Waals surface area contributed by atoms with Crippen molar-refractivity contribution in [3.63, 3.8) is 0 Å². The molecule has 2 heterocycles. The van der Waals surface area contributed by atoms with Gasteiger partial charge in [0, 0.05) is 33.3 Å². The van der Waals surface area contributed by atoms with Gasteiger partial charge in [-0.1, -0.05) is 0 Å². The fourth-order valence-electron chi connectivity index (χ4n) is 2.89. The number of hydrogen-bond donors (Lipinski definition) is 1. The van der Waals surface area contributed by atoms with Crippen LogP contribution in [0.4, 0.5) is 4.79 Å². The Morgan fingerprint density at radius 2 is 2.05 bits per heavy atom. The largest absolute Gasteiger partial charge is 0.444 e. The van der Waals surface area contributed by atoms with Crippen LogP contribution in [0.25, 0.3) is 0 Å². The second-order valence-corrected chi connectivity index (χ2v) is 6.98. The van der Waals surface area contributed by atoms with Crippen LogP contribution in [0.5, 0.6) is 0 Å². The first-order valence-corrected chi connectivity index (χ1v) is 7.69. The van der Waals surface area contributed by atoms with E-state index >= 15 is 0 Å². The Bertz CT molecular complexity index is 357. The van der Waals surface area contributed by atoms with Crippen molar-refractivity contribution in [2.45, 2.75) is 50.9 Å². The van der Waals surface area contributed by atoms with Crippen LogP contribution in [0, 0.1) is 0 Å². The Kier molecular flexibility index (Phi) is 5.11. The van der Waals surface area contributed by atoms with Crippen LogP contribution >= 0.6 is 0 Å². The molecule has 21 heavy (non-hydrogen) atoms. The summed E-state index contributed by atoms with van der Waals surface area (Å²) in [6.07, 6.45) is 1.53. The molecule has 2 aliphatic rings. The molecule has 0 saturated carbocycles. The fraction of sp³-hybridized carbons (Fsp3) is 0.933. The van der Waals surface area contributed by atoms with Gasteiger partial charge >= 0.3 is 6.09 Å². The van der Waals surface area contributed by atoms with Crippen molar-refractivity contribution in [1.29, 1.82) is 0 Å². The van der Waals surface area contributed by atoms with Crippen LogP contribution in [-0.4, -0.2) is 68.2 Å². The lowest BCUT2D eigenvalue weighted by molar-refractivity contribution is -0.154. The lowest BCUT2D eigenvalue weighted by atomic mass is 9.89. The molecular weight excluding hydrogens is 272 g/mol. The molecule has 6 nitrogen and oxygen atoms in total. The standard InChI is InChI=1S/C15H28N2O4/c1-14(2,3)21-13(18)17-7-5-15(6-8-17)11-16-9-12(20-15)10-19-4/h12,16H,5-11H2,1-4H3. The number of carbonyl (C=O) groups excluding carboxylic acids is 1. The number of amides is 1. The van der Waals surface area contributed by atoms with Gasteiger partial charge in [0.05, 0.1) is 18.3 Å². The van der Waals surface area contributed by atoms with E-state index in [1.165, 1.54) is 0 Å². The number of piperidine rings is 1. The molecule has 6 heteroatoms. The van der Waals surface area contributed by atoms with Gasteiger partial charge in [-0.2, -0.15) is 0 Å². The second-order valence-electron chi connectivity index (χ2n) is 6.98. The molecule has 0 radical (unpaired) electrons. The normalized spacial score (nSPS) is 25.9. The summed E-state index contributed by atoms with van der Waals surface area (Å²) >= 11 is 0. The van der Waals surface area contributed by atoms with Gasteiger partial charge in [0.2, 0.25) is 0 Å². The zero-order valence-corrected chi connectivity index (χ0v) is 13.6. The molecular formula is C15H28N2O4. The number of methoxy groups -OCH3 is 1. The molecule has 0 aliphatic carbocycles. The zero-order valence-electron chi connectivity index (χ0n) is 13.6. The van der Waals surface area contributed by atoms with Gasteiger partial charge in [-0.25, -0.2) is 4.79 Å². The van der Waals surface area contributed by atoms with Crippen LogP contribution in [-0.2, 0) is 14.2 Å². The van der Waals surface area contributed by atoms with Crippen molar-refractivity contribution in [3.05, 3.63) is 0 Å². The fourth-order valence-corrected chi connectivity index (χ4v) is 2.89. The van der Waals surface area contributed by atoms with Gasteiger partial charge in [0.1, 0.15) is 5.60 Å². The second kappa shape index (κ2) is 6.50. The van der Waals surface area contributed by atoms with Gasteiger partial charge in [0.25, 0.3) is 0 Å². The predicted molar refractivity (Wildman–Crippen MR) is 79.4 cm³/mol. The minimum absolute atomic E-state index is 0.0943. The van der Waals surface area contributed by atoms with E-state index in [1.54, 1.807) is 12.0 Å². The highest BCUT2D eigenvalue weighted by Gasteiger charge is 2.41. The average Bonchev–Trinajstić information content (AvgIpc) is 2.38. The van der Waals surface area contributed by atoms with E-state index in [1.807, 2.05) is 20.8 Å². The molecule has 1 N–H and O–H groups in total. The van der Waals surface area contributed by atoms with E-state index in [0.29, 0.717) is 19.7 Å². The average molecular weight is 300 g/mol. The molecule has 0 aromatic rings. The van der Waals surface area contributed by atoms with Gasteiger partial charge in [-0.3, -0.25) is 0 Å². The van der Waals surface area contributed by atoms with Crippen molar-refractivity contribution >= 4 is 6.09 Å². The monoisotopic (exact) mass is 300 g/mol. The number of likely N-dealkylation sites (tertiary alicyclic amines) is 1. The highest BCUT2D eigenvalue weighted by atomic mass is 16.6. The smallest absolute Gasteiger partial charge is 0.410 e. The van der Waals surface area contributed by atoms with Crippen LogP contribution < -0.4 is 5.32 Å². The Hall–Kier alpha value is -0.850.